The lowest BCUT2D eigenvalue weighted by Crippen LogP contribution is -2.23. The second-order valence-corrected chi connectivity index (χ2v) is 7.54. The first-order valence-electron chi connectivity index (χ1n) is 8.00. The molecule has 3 aromatic rings. The minimum Gasteiger partial charge on any atom is -0.310 e. The molecule has 0 bridgehead atoms. The molecular formula is C18H18ClN5OS. The van der Waals surface area contributed by atoms with E-state index in [0.717, 1.165) is 17.0 Å². The van der Waals surface area contributed by atoms with Crippen LogP contribution < -0.4 is 5.32 Å². The molecule has 1 amide bonds. The van der Waals surface area contributed by atoms with Crippen molar-refractivity contribution in [1.29, 1.82) is 0 Å². The summed E-state index contributed by atoms with van der Waals surface area (Å²) < 4.78 is 1.90. The predicted molar refractivity (Wildman–Crippen MR) is 104 cm³/mol. The fraction of sp³-hybridized carbons (Fsp3) is 0.222. The van der Waals surface area contributed by atoms with Gasteiger partial charge in [0.15, 0.2) is 11.0 Å². The fourth-order valence-electron chi connectivity index (χ4n) is 2.37. The molecule has 3 rings (SSSR count). The molecule has 0 saturated heterocycles. The zero-order valence-electron chi connectivity index (χ0n) is 14.6. The van der Waals surface area contributed by atoms with Gasteiger partial charge in [-0.25, -0.2) is 4.98 Å². The Kier molecular flexibility index (Phi) is 5.58. The van der Waals surface area contributed by atoms with Crippen LogP contribution in [0.25, 0.3) is 11.4 Å². The summed E-state index contributed by atoms with van der Waals surface area (Å²) in [5.41, 5.74) is 2.15. The molecule has 1 atom stereocenters. The minimum absolute atomic E-state index is 0.162. The van der Waals surface area contributed by atoms with Crippen LogP contribution in [0.2, 0.25) is 5.02 Å². The van der Waals surface area contributed by atoms with Crippen LogP contribution in [0.15, 0.2) is 47.8 Å². The van der Waals surface area contributed by atoms with Gasteiger partial charge in [-0.3, -0.25) is 4.79 Å². The van der Waals surface area contributed by atoms with E-state index in [0.29, 0.717) is 16.0 Å². The number of aryl methyl sites for hydroxylation is 1. The largest absolute Gasteiger partial charge is 0.310 e. The van der Waals surface area contributed by atoms with Crippen molar-refractivity contribution in [1.82, 2.24) is 19.7 Å². The van der Waals surface area contributed by atoms with E-state index in [1.54, 1.807) is 12.1 Å². The van der Waals surface area contributed by atoms with Crippen LogP contribution in [0.5, 0.6) is 0 Å². The number of nitrogens with one attached hydrogen (secondary N) is 1. The standard InChI is InChI=1S/C18H18ClN5OS/c1-11-6-4-5-7-14(11)16-22-23-18(24(16)3)26-12(2)17(25)21-15-9-8-13(19)10-20-15/h4-10,12H,1-3H3,(H,20,21,25)/t12-/m0/s1. The van der Waals surface area contributed by atoms with E-state index in [-0.39, 0.29) is 11.2 Å². The summed E-state index contributed by atoms with van der Waals surface area (Å²) in [7, 11) is 1.90. The van der Waals surface area contributed by atoms with Crippen molar-refractivity contribution >= 4 is 35.1 Å². The molecule has 0 fully saturated rings. The van der Waals surface area contributed by atoms with Gasteiger partial charge in [-0.1, -0.05) is 47.6 Å². The summed E-state index contributed by atoms with van der Waals surface area (Å²) in [6.07, 6.45) is 1.49. The molecule has 0 aliphatic heterocycles. The number of rotatable bonds is 5. The number of aromatic nitrogens is 4. The van der Waals surface area contributed by atoms with Gasteiger partial charge in [0.1, 0.15) is 5.82 Å². The molecule has 0 saturated carbocycles. The Bertz CT molecular complexity index is 926. The maximum Gasteiger partial charge on any atom is 0.238 e. The number of nitrogens with zero attached hydrogens (tertiary/aromatic N) is 4. The second kappa shape index (κ2) is 7.88. The Morgan fingerprint density at radius 1 is 1.23 bits per heavy atom. The van der Waals surface area contributed by atoms with E-state index >= 15 is 0 Å². The molecule has 1 aromatic carbocycles. The normalized spacial score (nSPS) is 12.0. The summed E-state index contributed by atoms with van der Waals surface area (Å²) in [5.74, 6) is 1.08. The van der Waals surface area contributed by atoms with Crippen LogP contribution in [0.3, 0.4) is 0 Å². The van der Waals surface area contributed by atoms with Gasteiger partial charge in [0, 0.05) is 18.8 Å². The van der Waals surface area contributed by atoms with Crippen molar-refractivity contribution in [2.75, 3.05) is 5.32 Å². The number of amides is 1. The molecule has 8 heteroatoms. The van der Waals surface area contributed by atoms with Crippen LogP contribution in [0.4, 0.5) is 5.82 Å². The number of anilines is 1. The zero-order valence-corrected chi connectivity index (χ0v) is 16.2. The summed E-state index contributed by atoms with van der Waals surface area (Å²) >= 11 is 7.15. The van der Waals surface area contributed by atoms with E-state index in [2.05, 4.69) is 20.5 Å². The number of thioether (sulfide) groups is 1. The zero-order chi connectivity index (χ0) is 18.7. The van der Waals surface area contributed by atoms with Gasteiger partial charge >= 0.3 is 0 Å². The summed E-state index contributed by atoms with van der Waals surface area (Å²) in [6.45, 7) is 3.85. The lowest BCUT2D eigenvalue weighted by Gasteiger charge is -2.11. The minimum atomic E-state index is -0.361. The number of pyridine rings is 1. The molecule has 0 unspecified atom stereocenters. The SMILES string of the molecule is Cc1ccccc1-c1nnc(S[C@@H](C)C(=O)Nc2ccc(Cl)cn2)n1C. The van der Waals surface area contributed by atoms with Gasteiger partial charge in [0.05, 0.1) is 10.3 Å². The highest BCUT2D eigenvalue weighted by molar-refractivity contribution is 8.00. The predicted octanol–water partition coefficient (Wildman–Crippen LogP) is 3.96. The molecule has 0 aliphatic carbocycles. The number of benzene rings is 1. The first-order valence-corrected chi connectivity index (χ1v) is 9.26. The second-order valence-electron chi connectivity index (χ2n) is 5.79. The number of hydrogen-bond donors (Lipinski definition) is 1. The van der Waals surface area contributed by atoms with Crippen molar-refractivity contribution in [2.24, 2.45) is 7.05 Å². The van der Waals surface area contributed by atoms with Gasteiger partial charge < -0.3 is 9.88 Å². The third-order valence-electron chi connectivity index (χ3n) is 3.85. The number of carbonyl (C=O) groups excluding carboxylic acids is 1. The van der Waals surface area contributed by atoms with E-state index in [9.17, 15) is 4.79 Å². The Morgan fingerprint density at radius 2 is 2.00 bits per heavy atom. The first kappa shape index (κ1) is 18.4. The molecule has 0 aliphatic rings. The van der Waals surface area contributed by atoms with Crippen molar-refractivity contribution < 1.29 is 4.79 Å². The average molecular weight is 388 g/mol. The fourth-order valence-corrected chi connectivity index (χ4v) is 3.29. The third kappa shape index (κ3) is 4.05. The highest BCUT2D eigenvalue weighted by atomic mass is 35.5. The topological polar surface area (TPSA) is 72.7 Å². The number of carbonyl (C=O) groups is 1. The molecule has 134 valence electrons. The van der Waals surface area contributed by atoms with Gasteiger partial charge in [-0.2, -0.15) is 0 Å². The van der Waals surface area contributed by atoms with Gasteiger partial charge in [0.2, 0.25) is 5.91 Å². The van der Waals surface area contributed by atoms with Crippen LogP contribution in [-0.4, -0.2) is 30.9 Å². The molecule has 2 aromatic heterocycles. The van der Waals surface area contributed by atoms with Gasteiger partial charge in [-0.15, -0.1) is 10.2 Å². The summed E-state index contributed by atoms with van der Waals surface area (Å²) in [5, 5.41) is 12.1. The Labute approximate surface area is 161 Å². The molecule has 26 heavy (non-hydrogen) atoms. The Hall–Kier alpha value is -2.38. The number of halogens is 1. The Balaban J connectivity index is 1.71. The molecular weight excluding hydrogens is 370 g/mol. The smallest absolute Gasteiger partial charge is 0.238 e. The quantitative estimate of drug-likeness (QED) is 0.671. The summed E-state index contributed by atoms with van der Waals surface area (Å²) in [4.78, 5) is 16.5. The van der Waals surface area contributed by atoms with Crippen LogP contribution >= 0.6 is 23.4 Å². The summed E-state index contributed by atoms with van der Waals surface area (Å²) in [6, 6.07) is 11.3. The van der Waals surface area contributed by atoms with Crippen molar-refractivity contribution in [3.63, 3.8) is 0 Å². The Morgan fingerprint density at radius 3 is 2.69 bits per heavy atom. The molecule has 0 radical (unpaired) electrons. The first-order chi connectivity index (χ1) is 12.5. The van der Waals surface area contributed by atoms with Crippen molar-refractivity contribution in [3.8, 4) is 11.4 Å². The molecule has 2 heterocycles. The maximum absolute atomic E-state index is 12.4. The van der Waals surface area contributed by atoms with E-state index in [4.69, 9.17) is 11.6 Å². The van der Waals surface area contributed by atoms with Crippen LogP contribution in [0.1, 0.15) is 12.5 Å². The van der Waals surface area contributed by atoms with Crippen LogP contribution in [-0.2, 0) is 11.8 Å². The van der Waals surface area contributed by atoms with Gasteiger partial charge in [-0.05, 0) is 31.5 Å². The van der Waals surface area contributed by atoms with Gasteiger partial charge in [0.25, 0.3) is 0 Å². The van der Waals surface area contributed by atoms with Crippen molar-refractivity contribution in [3.05, 3.63) is 53.2 Å². The molecule has 6 nitrogen and oxygen atoms in total. The molecule has 1 N–H and O–H groups in total. The lowest BCUT2D eigenvalue weighted by atomic mass is 10.1. The van der Waals surface area contributed by atoms with Crippen molar-refractivity contribution in [2.45, 2.75) is 24.3 Å². The number of hydrogen-bond acceptors (Lipinski definition) is 5. The highest BCUT2D eigenvalue weighted by Gasteiger charge is 2.20. The maximum atomic E-state index is 12.4. The van der Waals surface area contributed by atoms with E-state index in [1.165, 1.54) is 18.0 Å². The van der Waals surface area contributed by atoms with E-state index < -0.39 is 0 Å². The van der Waals surface area contributed by atoms with Crippen LogP contribution in [0, 0.1) is 6.92 Å². The lowest BCUT2D eigenvalue weighted by molar-refractivity contribution is -0.115. The average Bonchev–Trinajstić information content (AvgIpc) is 2.98. The monoisotopic (exact) mass is 387 g/mol. The highest BCUT2D eigenvalue weighted by Crippen LogP contribution is 2.27. The molecule has 0 spiro atoms. The van der Waals surface area contributed by atoms with E-state index in [1.807, 2.05) is 49.7 Å². The third-order valence-corrected chi connectivity index (χ3v) is 5.21.